The van der Waals surface area contributed by atoms with Crippen LogP contribution in [0.15, 0.2) is 4.60 Å². The van der Waals surface area contributed by atoms with Crippen molar-refractivity contribution in [1.82, 2.24) is 4.98 Å². The molecule has 0 fully saturated rings. The Bertz CT molecular complexity index is 350. The summed E-state index contributed by atoms with van der Waals surface area (Å²) in [6.45, 7) is 9.06. The largest absolute Gasteiger partial charge is 0.491 e. The summed E-state index contributed by atoms with van der Waals surface area (Å²) < 4.78 is 6.68. The molecule has 84 valence electrons. The van der Waals surface area contributed by atoms with Gasteiger partial charge in [-0.25, -0.2) is 4.98 Å². The van der Waals surface area contributed by atoms with Crippen LogP contribution in [0, 0.1) is 20.8 Å². The first-order chi connectivity index (χ1) is 7.07. The van der Waals surface area contributed by atoms with Crippen molar-refractivity contribution in [3.05, 3.63) is 21.4 Å². The topological polar surface area (TPSA) is 22.1 Å². The Hall–Kier alpha value is -0.570. The highest BCUT2D eigenvalue weighted by Gasteiger charge is 2.10. The molecule has 1 aromatic heterocycles. The van der Waals surface area contributed by atoms with Crippen LogP contribution in [0.5, 0.6) is 5.75 Å². The second-order valence-electron chi connectivity index (χ2n) is 3.77. The van der Waals surface area contributed by atoms with Crippen molar-refractivity contribution in [2.24, 2.45) is 0 Å². The molecule has 0 saturated carbocycles. The van der Waals surface area contributed by atoms with Crippen LogP contribution in [0.2, 0.25) is 0 Å². The molecule has 15 heavy (non-hydrogen) atoms. The third kappa shape index (κ3) is 2.94. The average molecular weight is 272 g/mol. The molecule has 1 aromatic rings. The lowest BCUT2D eigenvalue weighted by Gasteiger charge is -2.14. The van der Waals surface area contributed by atoms with E-state index in [4.69, 9.17) is 4.74 Å². The molecule has 0 spiro atoms. The number of hydrogen-bond acceptors (Lipinski definition) is 2. The first kappa shape index (κ1) is 12.5. The zero-order valence-electron chi connectivity index (χ0n) is 9.85. The van der Waals surface area contributed by atoms with Crippen LogP contribution in [-0.4, -0.2) is 11.6 Å². The lowest BCUT2D eigenvalue weighted by molar-refractivity contribution is 0.303. The first-order valence-corrected chi connectivity index (χ1v) is 6.13. The molecule has 0 atom stereocenters. The fraction of sp³-hybridized carbons (Fsp3) is 0.583. The molecule has 2 nitrogen and oxygen atoms in total. The maximum absolute atomic E-state index is 5.76. The molecule has 0 radical (unpaired) electrons. The Morgan fingerprint density at radius 3 is 2.47 bits per heavy atom. The SMILES string of the molecule is CCCCOc1c(C)nc(Br)c(C)c1C. The minimum Gasteiger partial charge on any atom is -0.491 e. The van der Waals surface area contributed by atoms with E-state index in [1.54, 1.807) is 0 Å². The quantitative estimate of drug-likeness (QED) is 0.611. The minimum atomic E-state index is 0.779. The van der Waals surface area contributed by atoms with Crippen molar-refractivity contribution in [3.63, 3.8) is 0 Å². The summed E-state index contributed by atoms with van der Waals surface area (Å²) in [5.74, 6) is 0.948. The molecule has 1 heterocycles. The zero-order chi connectivity index (χ0) is 11.4. The van der Waals surface area contributed by atoms with Crippen LogP contribution in [0.1, 0.15) is 36.6 Å². The van der Waals surface area contributed by atoms with Gasteiger partial charge in [-0.15, -0.1) is 0 Å². The molecule has 0 aliphatic carbocycles. The van der Waals surface area contributed by atoms with Gasteiger partial charge in [0, 0.05) is 0 Å². The van der Waals surface area contributed by atoms with E-state index in [-0.39, 0.29) is 0 Å². The van der Waals surface area contributed by atoms with Crippen LogP contribution >= 0.6 is 15.9 Å². The van der Waals surface area contributed by atoms with E-state index in [9.17, 15) is 0 Å². The molecule has 1 rings (SSSR count). The average Bonchev–Trinajstić information content (AvgIpc) is 2.20. The summed E-state index contributed by atoms with van der Waals surface area (Å²) in [4.78, 5) is 4.40. The van der Waals surface area contributed by atoms with Crippen LogP contribution in [0.4, 0.5) is 0 Å². The van der Waals surface area contributed by atoms with Crippen LogP contribution in [-0.2, 0) is 0 Å². The van der Waals surface area contributed by atoms with Crippen LogP contribution < -0.4 is 4.74 Å². The zero-order valence-corrected chi connectivity index (χ0v) is 11.4. The van der Waals surface area contributed by atoms with Gasteiger partial charge in [0.05, 0.1) is 12.3 Å². The van der Waals surface area contributed by atoms with Crippen molar-refractivity contribution < 1.29 is 4.74 Å². The smallest absolute Gasteiger partial charge is 0.143 e. The number of unbranched alkanes of at least 4 members (excludes halogenated alkanes) is 1. The number of halogens is 1. The van der Waals surface area contributed by atoms with Gasteiger partial charge < -0.3 is 4.74 Å². The Morgan fingerprint density at radius 1 is 1.20 bits per heavy atom. The van der Waals surface area contributed by atoms with Gasteiger partial charge in [0.15, 0.2) is 0 Å². The predicted octanol–water partition coefficient (Wildman–Crippen LogP) is 3.95. The molecule has 0 aliphatic heterocycles. The number of aryl methyl sites for hydroxylation is 1. The third-order valence-electron chi connectivity index (χ3n) is 2.55. The Balaban J connectivity index is 2.92. The van der Waals surface area contributed by atoms with Gasteiger partial charge in [0.1, 0.15) is 10.4 Å². The predicted molar refractivity (Wildman–Crippen MR) is 66.6 cm³/mol. The molecule has 0 aromatic carbocycles. The third-order valence-corrected chi connectivity index (χ3v) is 3.32. The number of hydrogen-bond donors (Lipinski definition) is 0. The fourth-order valence-electron chi connectivity index (χ4n) is 1.41. The Kier molecular flexibility index (Phi) is 4.58. The van der Waals surface area contributed by atoms with E-state index in [0.717, 1.165) is 41.1 Å². The van der Waals surface area contributed by atoms with E-state index in [1.807, 2.05) is 6.92 Å². The molecule has 3 heteroatoms. The standard InChI is InChI=1S/C12H18BrNO/c1-5-6-7-15-11-8(2)9(3)12(13)14-10(11)4/h5-7H2,1-4H3. The maximum atomic E-state index is 5.76. The summed E-state index contributed by atoms with van der Waals surface area (Å²) in [7, 11) is 0. The lowest BCUT2D eigenvalue weighted by Crippen LogP contribution is -2.03. The number of pyridine rings is 1. The van der Waals surface area contributed by atoms with Gasteiger partial charge in [-0.3, -0.25) is 0 Å². The van der Waals surface area contributed by atoms with Crippen molar-refractivity contribution in [3.8, 4) is 5.75 Å². The number of rotatable bonds is 4. The van der Waals surface area contributed by atoms with E-state index >= 15 is 0 Å². The fourth-order valence-corrected chi connectivity index (χ4v) is 1.97. The lowest BCUT2D eigenvalue weighted by atomic mass is 10.1. The van der Waals surface area contributed by atoms with Crippen molar-refractivity contribution in [1.29, 1.82) is 0 Å². The van der Waals surface area contributed by atoms with E-state index in [2.05, 4.69) is 41.7 Å². The molecule has 0 amide bonds. The summed E-state index contributed by atoms with van der Waals surface area (Å²) in [6, 6.07) is 0. The molecule has 0 unspecified atom stereocenters. The normalized spacial score (nSPS) is 10.5. The van der Waals surface area contributed by atoms with Crippen molar-refractivity contribution >= 4 is 15.9 Å². The second-order valence-corrected chi connectivity index (χ2v) is 4.52. The van der Waals surface area contributed by atoms with Gasteiger partial charge in [0.25, 0.3) is 0 Å². The maximum Gasteiger partial charge on any atom is 0.143 e. The van der Waals surface area contributed by atoms with Crippen molar-refractivity contribution in [2.45, 2.75) is 40.5 Å². The van der Waals surface area contributed by atoms with Gasteiger partial charge in [0.2, 0.25) is 0 Å². The summed E-state index contributed by atoms with van der Waals surface area (Å²) >= 11 is 3.45. The first-order valence-electron chi connectivity index (χ1n) is 5.34. The van der Waals surface area contributed by atoms with Gasteiger partial charge in [-0.1, -0.05) is 13.3 Å². The number of nitrogens with zero attached hydrogens (tertiary/aromatic N) is 1. The van der Waals surface area contributed by atoms with E-state index < -0.39 is 0 Å². The molecule has 0 saturated heterocycles. The van der Waals surface area contributed by atoms with E-state index in [0.29, 0.717) is 0 Å². The Morgan fingerprint density at radius 2 is 1.87 bits per heavy atom. The molecular formula is C12H18BrNO. The Labute approximate surface area is 100 Å². The number of ether oxygens (including phenoxy) is 1. The number of aromatic nitrogens is 1. The summed E-state index contributed by atoms with van der Waals surface area (Å²) in [5, 5.41) is 0. The highest BCUT2D eigenvalue weighted by atomic mass is 79.9. The molecule has 0 aliphatic rings. The summed E-state index contributed by atoms with van der Waals surface area (Å²) in [6.07, 6.45) is 2.25. The van der Waals surface area contributed by atoms with Crippen LogP contribution in [0.3, 0.4) is 0 Å². The monoisotopic (exact) mass is 271 g/mol. The molecule has 0 bridgehead atoms. The van der Waals surface area contributed by atoms with Crippen molar-refractivity contribution in [2.75, 3.05) is 6.61 Å². The highest BCUT2D eigenvalue weighted by molar-refractivity contribution is 9.10. The minimum absolute atomic E-state index is 0.779. The van der Waals surface area contributed by atoms with Gasteiger partial charge in [-0.2, -0.15) is 0 Å². The molecular weight excluding hydrogens is 254 g/mol. The highest BCUT2D eigenvalue weighted by Crippen LogP contribution is 2.28. The molecule has 0 N–H and O–H groups in total. The van der Waals surface area contributed by atoms with E-state index in [1.165, 1.54) is 5.56 Å². The second kappa shape index (κ2) is 5.50. The van der Waals surface area contributed by atoms with Crippen LogP contribution in [0.25, 0.3) is 0 Å². The van der Waals surface area contributed by atoms with Gasteiger partial charge >= 0.3 is 0 Å². The van der Waals surface area contributed by atoms with Gasteiger partial charge in [-0.05, 0) is 54.2 Å². The summed E-state index contributed by atoms with van der Waals surface area (Å²) in [5.41, 5.74) is 3.30.